The van der Waals surface area contributed by atoms with Crippen molar-refractivity contribution in [2.24, 2.45) is 0 Å². The van der Waals surface area contributed by atoms with Crippen LogP contribution in [0.2, 0.25) is 0 Å². The number of carbonyl (C=O) groups is 1. The topological polar surface area (TPSA) is 120 Å². The van der Waals surface area contributed by atoms with E-state index >= 15 is 0 Å². The summed E-state index contributed by atoms with van der Waals surface area (Å²) in [5, 5.41) is 20.9. The molecule has 0 unspecified atom stereocenters. The number of carbonyl (C=O) groups excluding carboxylic acids is 1. The molecule has 2 aromatic rings. The van der Waals surface area contributed by atoms with Crippen LogP contribution in [0.15, 0.2) is 16.8 Å². The van der Waals surface area contributed by atoms with Gasteiger partial charge in [0.1, 0.15) is 0 Å². The van der Waals surface area contributed by atoms with Crippen molar-refractivity contribution >= 4 is 28.4 Å². The smallest absolute Gasteiger partial charge is 0.308 e. The number of ether oxygens (including phenoxy) is 1. The number of non-ortho nitro benzene ring substituents is 1. The van der Waals surface area contributed by atoms with E-state index in [1.54, 1.807) is 0 Å². The van der Waals surface area contributed by atoms with Gasteiger partial charge in [-0.15, -0.1) is 6.42 Å². The van der Waals surface area contributed by atoms with Crippen molar-refractivity contribution in [3.8, 4) is 12.3 Å². The fourth-order valence-corrected chi connectivity index (χ4v) is 1.64. The van der Waals surface area contributed by atoms with Crippen LogP contribution < -0.4 is 5.32 Å². The molecule has 1 aromatic carbocycles. The number of nitrogens with zero attached hydrogens (tertiary/aromatic N) is 3. The van der Waals surface area contributed by atoms with Crippen molar-refractivity contribution in [2.45, 2.75) is 6.42 Å². The van der Waals surface area contributed by atoms with Crippen molar-refractivity contribution < 1.29 is 19.1 Å². The Labute approximate surface area is 118 Å². The lowest BCUT2D eigenvalue weighted by Gasteiger charge is -2.05. The molecule has 0 fully saturated rings. The van der Waals surface area contributed by atoms with Gasteiger partial charge in [-0.05, 0) is 16.4 Å². The third-order valence-electron chi connectivity index (χ3n) is 2.55. The highest BCUT2D eigenvalue weighted by Crippen LogP contribution is 2.28. The molecule has 9 heteroatoms. The molecular formula is C12H10N4O5. The Hall–Kier alpha value is -3.15. The zero-order chi connectivity index (χ0) is 15.2. The monoisotopic (exact) mass is 290 g/mol. The van der Waals surface area contributed by atoms with Gasteiger partial charge in [0.25, 0.3) is 0 Å². The number of nitro groups is 1. The Morgan fingerprint density at radius 3 is 2.95 bits per heavy atom. The summed E-state index contributed by atoms with van der Waals surface area (Å²) in [6.45, 7) is 0.178. The van der Waals surface area contributed by atoms with Crippen LogP contribution in [0, 0.1) is 22.5 Å². The van der Waals surface area contributed by atoms with Crippen molar-refractivity contribution in [2.75, 3.05) is 18.5 Å². The highest BCUT2D eigenvalue weighted by Gasteiger charge is 2.19. The second-order valence-corrected chi connectivity index (χ2v) is 3.89. The summed E-state index contributed by atoms with van der Waals surface area (Å²) < 4.78 is 9.22. The molecule has 21 heavy (non-hydrogen) atoms. The third-order valence-corrected chi connectivity index (χ3v) is 2.55. The van der Waals surface area contributed by atoms with E-state index in [4.69, 9.17) is 11.2 Å². The first-order valence-electron chi connectivity index (χ1n) is 5.86. The Balaban J connectivity index is 2.05. The van der Waals surface area contributed by atoms with E-state index in [9.17, 15) is 14.9 Å². The van der Waals surface area contributed by atoms with E-state index in [1.165, 1.54) is 12.1 Å². The number of terminal acetylenes is 1. The van der Waals surface area contributed by atoms with Crippen LogP contribution in [-0.2, 0) is 9.53 Å². The average Bonchev–Trinajstić information content (AvgIpc) is 2.94. The molecule has 0 aliphatic heterocycles. The van der Waals surface area contributed by atoms with Gasteiger partial charge in [0, 0.05) is 12.6 Å². The van der Waals surface area contributed by atoms with Gasteiger partial charge >= 0.3 is 11.7 Å². The highest BCUT2D eigenvalue weighted by atomic mass is 16.6. The maximum atomic E-state index is 11.3. The minimum atomic E-state index is -0.576. The molecule has 1 N–H and O–H groups in total. The second kappa shape index (κ2) is 6.33. The summed E-state index contributed by atoms with van der Waals surface area (Å²) in [7, 11) is 0. The maximum Gasteiger partial charge on any atom is 0.308 e. The van der Waals surface area contributed by atoms with Crippen LogP contribution in [0.3, 0.4) is 0 Å². The Kier molecular flexibility index (Phi) is 4.30. The van der Waals surface area contributed by atoms with Crippen LogP contribution in [0.5, 0.6) is 0 Å². The van der Waals surface area contributed by atoms with Gasteiger partial charge in [-0.3, -0.25) is 14.9 Å². The van der Waals surface area contributed by atoms with Crippen molar-refractivity contribution in [1.82, 2.24) is 10.3 Å². The maximum absolute atomic E-state index is 11.3. The molecule has 0 amide bonds. The normalized spacial score (nSPS) is 10.0. The van der Waals surface area contributed by atoms with Crippen molar-refractivity contribution in [3.63, 3.8) is 0 Å². The summed E-state index contributed by atoms with van der Waals surface area (Å²) in [5.41, 5.74) is 0.535. The van der Waals surface area contributed by atoms with E-state index in [0.29, 0.717) is 5.69 Å². The lowest BCUT2D eigenvalue weighted by molar-refractivity contribution is -0.383. The van der Waals surface area contributed by atoms with Gasteiger partial charge in [0.15, 0.2) is 12.1 Å². The molecular weight excluding hydrogens is 280 g/mol. The van der Waals surface area contributed by atoms with Crippen LogP contribution in [0.1, 0.15) is 6.42 Å². The molecule has 9 nitrogen and oxygen atoms in total. The number of nitrogens with one attached hydrogen (secondary N) is 1. The van der Waals surface area contributed by atoms with E-state index in [0.717, 1.165) is 0 Å². The standard InChI is InChI=1S/C12H10N4O5/c1-2-7-20-10(17)5-6-13-8-3-4-9(16(18)19)12-11(8)14-21-15-12/h1,3-4,13H,5-7H2. The fourth-order valence-electron chi connectivity index (χ4n) is 1.64. The molecule has 2 rings (SSSR count). The molecule has 0 saturated heterocycles. The highest BCUT2D eigenvalue weighted by molar-refractivity contribution is 5.93. The zero-order valence-corrected chi connectivity index (χ0v) is 10.7. The van der Waals surface area contributed by atoms with Crippen molar-refractivity contribution in [3.05, 3.63) is 22.2 Å². The first-order chi connectivity index (χ1) is 10.1. The van der Waals surface area contributed by atoms with E-state index in [2.05, 4.69) is 26.2 Å². The molecule has 1 heterocycles. The molecule has 0 aliphatic carbocycles. The van der Waals surface area contributed by atoms with Gasteiger partial charge in [0.2, 0.25) is 5.52 Å². The summed E-state index contributed by atoms with van der Waals surface area (Å²) in [4.78, 5) is 21.5. The van der Waals surface area contributed by atoms with Crippen LogP contribution in [0.25, 0.3) is 11.0 Å². The number of nitro benzene ring substituents is 1. The predicted octanol–water partition coefficient (Wildman–Crippen LogP) is 1.11. The molecule has 0 radical (unpaired) electrons. The Bertz CT molecular complexity index is 718. The second-order valence-electron chi connectivity index (χ2n) is 3.89. The summed E-state index contributed by atoms with van der Waals surface area (Å²) in [6, 6.07) is 2.75. The summed E-state index contributed by atoms with van der Waals surface area (Å²) >= 11 is 0. The minimum Gasteiger partial charge on any atom is -0.452 e. The number of rotatable bonds is 6. The minimum absolute atomic E-state index is 0.0416. The lowest BCUT2D eigenvalue weighted by atomic mass is 10.2. The van der Waals surface area contributed by atoms with Gasteiger partial charge in [-0.1, -0.05) is 5.92 Å². The van der Waals surface area contributed by atoms with E-state index in [-0.39, 0.29) is 36.3 Å². The Morgan fingerprint density at radius 1 is 1.48 bits per heavy atom. The SMILES string of the molecule is C#CCOC(=O)CCNc1ccc([N+](=O)[O-])c2nonc12. The quantitative estimate of drug-likeness (QED) is 0.363. The predicted molar refractivity (Wildman–Crippen MR) is 71.4 cm³/mol. The van der Waals surface area contributed by atoms with E-state index < -0.39 is 10.9 Å². The number of fused-ring (bicyclic) bond motifs is 1. The number of aromatic nitrogens is 2. The average molecular weight is 290 g/mol. The van der Waals surface area contributed by atoms with Gasteiger partial charge in [0.05, 0.1) is 17.0 Å². The zero-order valence-electron chi connectivity index (χ0n) is 10.7. The summed E-state index contributed by atoms with van der Waals surface area (Å²) in [5.74, 6) is 1.74. The lowest BCUT2D eigenvalue weighted by Crippen LogP contribution is -2.12. The Morgan fingerprint density at radius 2 is 2.24 bits per heavy atom. The van der Waals surface area contributed by atoms with Crippen LogP contribution in [-0.4, -0.2) is 34.4 Å². The molecule has 0 atom stereocenters. The molecule has 1 aromatic heterocycles. The van der Waals surface area contributed by atoms with Gasteiger partial charge in [-0.25, -0.2) is 4.63 Å². The summed E-state index contributed by atoms with van der Waals surface area (Å²) in [6.07, 6.45) is 5.05. The third kappa shape index (κ3) is 3.24. The number of anilines is 1. The van der Waals surface area contributed by atoms with Crippen LogP contribution >= 0.6 is 0 Å². The van der Waals surface area contributed by atoms with Crippen LogP contribution in [0.4, 0.5) is 11.4 Å². The molecule has 0 bridgehead atoms. The number of esters is 1. The molecule has 0 saturated carbocycles. The number of hydrogen-bond acceptors (Lipinski definition) is 8. The fraction of sp³-hybridized carbons (Fsp3) is 0.250. The molecule has 0 spiro atoms. The van der Waals surface area contributed by atoms with Gasteiger partial charge < -0.3 is 10.1 Å². The van der Waals surface area contributed by atoms with Crippen molar-refractivity contribution in [1.29, 1.82) is 0 Å². The molecule has 0 aliphatic rings. The number of benzene rings is 1. The number of hydrogen-bond donors (Lipinski definition) is 1. The van der Waals surface area contributed by atoms with E-state index in [1.807, 2.05) is 0 Å². The largest absolute Gasteiger partial charge is 0.452 e. The molecule has 108 valence electrons. The first kappa shape index (κ1) is 14.3. The van der Waals surface area contributed by atoms with Gasteiger partial charge in [-0.2, -0.15) is 0 Å². The first-order valence-corrected chi connectivity index (χ1v) is 5.86.